The molecule has 1 N–H and O–H groups in total. The fourth-order valence-electron chi connectivity index (χ4n) is 3.02. The Balaban J connectivity index is 1.76. The maximum Gasteiger partial charge on any atom is 0.246 e. The average Bonchev–Trinajstić information content (AvgIpc) is 2.75. The van der Waals surface area contributed by atoms with Crippen molar-refractivity contribution < 1.29 is 22.0 Å². The summed E-state index contributed by atoms with van der Waals surface area (Å²) in [6.07, 6.45) is 0.588. The minimum absolute atomic E-state index is 0.205. The third-order valence-corrected chi connectivity index (χ3v) is 6.45. The van der Waals surface area contributed by atoms with Gasteiger partial charge in [-0.1, -0.05) is 54.6 Å². The number of benzene rings is 3. The predicted octanol–water partition coefficient (Wildman–Crippen LogP) is 3.51. The van der Waals surface area contributed by atoms with Crippen molar-refractivity contribution in [3.63, 3.8) is 0 Å². The van der Waals surface area contributed by atoms with Gasteiger partial charge in [-0.2, -0.15) is 4.31 Å². The lowest BCUT2D eigenvalue weighted by Crippen LogP contribution is -2.41. The molecule has 0 radical (unpaired) electrons. The van der Waals surface area contributed by atoms with Crippen molar-refractivity contribution in [2.24, 2.45) is 0 Å². The topological polar surface area (TPSA) is 66.5 Å². The number of hydrogen-bond acceptors (Lipinski definition) is 3. The van der Waals surface area contributed by atoms with Gasteiger partial charge in [0.15, 0.2) is 0 Å². The second kappa shape index (κ2) is 10.3. The van der Waals surface area contributed by atoms with Crippen molar-refractivity contribution in [3.05, 3.63) is 102 Å². The van der Waals surface area contributed by atoms with Crippen LogP contribution in [0.2, 0.25) is 0 Å². The number of nitrogens with one attached hydrogen (secondary N) is 1. The molecule has 0 fully saturated rings. The van der Waals surface area contributed by atoms with Crippen LogP contribution in [0.15, 0.2) is 83.8 Å². The fraction of sp³-hybridized carbons (Fsp3) is 0.174. The van der Waals surface area contributed by atoms with Gasteiger partial charge in [-0.25, -0.2) is 17.2 Å². The fourth-order valence-corrected chi connectivity index (χ4v) is 4.47. The van der Waals surface area contributed by atoms with E-state index in [0.717, 1.165) is 22.0 Å². The first-order valence-electron chi connectivity index (χ1n) is 9.66. The molecule has 0 atom stereocenters. The Morgan fingerprint density at radius 2 is 1.48 bits per heavy atom. The van der Waals surface area contributed by atoms with E-state index in [1.165, 1.54) is 36.4 Å². The van der Waals surface area contributed by atoms with Crippen molar-refractivity contribution in [2.75, 3.05) is 13.1 Å². The van der Waals surface area contributed by atoms with Crippen LogP contribution in [-0.4, -0.2) is 31.7 Å². The van der Waals surface area contributed by atoms with Gasteiger partial charge >= 0.3 is 0 Å². The third-order valence-electron chi connectivity index (χ3n) is 4.63. The second-order valence-corrected chi connectivity index (χ2v) is 8.82. The van der Waals surface area contributed by atoms with Gasteiger partial charge in [0, 0.05) is 13.1 Å². The number of carbonyl (C=O) groups is 1. The Bertz CT molecular complexity index is 1120. The molecule has 0 aliphatic carbocycles. The molecular weight excluding hydrogens is 422 g/mol. The predicted molar refractivity (Wildman–Crippen MR) is 114 cm³/mol. The van der Waals surface area contributed by atoms with Gasteiger partial charge < -0.3 is 5.32 Å². The zero-order chi connectivity index (χ0) is 22.3. The van der Waals surface area contributed by atoms with E-state index >= 15 is 0 Å². The molecule has 0 heterocycles. The van der Waals surface area contributed by atoms with Crippen LogP contribution in [0.25, 0.3) is 0 Å². The Morgan fingerprint density at radius 3 is 2.16 bits per heavy atom. The van der Waals surface area contributed by atoms with Gasteiger partial charge in [0.25, 0.3) is 0 Å². The van der Waals surface area contributed by atoms with E-state index in [1.54, 1.807) is 0 Å². The summed E-state index contributed by atoms with van der Waals surface area (Å²) in [4.78, 5) is 12.0. The molecular formula is C23H22F2N2O3S. The van der Waals surface area contributed by atoms with Crippen molar-refractivity contribution >= 4 is 15.9 Å². The van der Waals surface area contributed by atoms with Crippen LogP contribution in [0.4, 0.5) is 8.78 Å². The second-order valence-electron chi connectivity index (χ2n) is 6.92. The molecule has 0 unspecified atom stereocenters. The average molecular weight is 445 g/mol. The lowest BCUT2D eigenvalue weighted by atomic mass is 10.1. The summed E-state index contributed by atoms with van der Waals surface area (Å²) in [6, 6.07) is 19.8. The van der Waals surface area contributed by atoms with Crippen molar-refractivity contribution in [2.45, 2.75) is 17.9 Å². The number of nitrogens with zero attached hydrogens (tertiary/aromatic N) is 1. The molecule has 3 rings (SSSR count). The highest BCUT2D eigenvalue weighted by molar-refractivity contribution is 7.89. The summed E-state index contributed by atoms with van der Waals surface area (Å²) < 4.78 is 54.5. The highest BCUT2D eigenvalue weighted by Gasteiger charge is 2.29. The van der Waals surface area contributed by atoms with Crippen LogP contribution in [0.1, 0.15) is 11.1 Å². The molecule has 31 heavy (non-hydrogen) atoms. The third kappa shape index (κ3) is 6.19. The molecule has 0 aromatic heterocycles. The number of sulfonamides is 1. The molecule has 8 heteroatoms. The minimum Gasteiger partial charge on any atom is -0.355 e. The van der Waals surface area contributed by atoms with Gasteiger partial charge in [0.1, 0.15) is 16.5 Å². The maximum atomic E-state index is 14.2. The van der Waals surface area contributed by atoms with E-state index in [4.69, 9.17) is 0 Å². The molecule has 0 aliphatic rings. The smallest absolute Gasteiger partial charge is 0.246 e. The van der Waals surface area contributed by atoms with Crippen LogP contribution >= 0.6 is 0 Å². The van der Waals surface area contributed by atoms with E-state index in [-0.39, 0.29) is 6.54 Å². The zero-order valence-electron chi connectivity index (χ0n) is 16.7. The van der Waals surface area contributed by atoms with Gasteiger partial charge in [-0.05, 0) is 41.8 Å². The summed E-state index contributed by atoms with van der Waals surface area (Å²) in [7, 11) is -4.31. The molecule has 0 bridgehead atoms. The lowest BCUT2D eigenvalue weighted by molar-refractivity contribution is -0.121. The Hall–Kier alpha value is -3.10. The van der Waals surface area contributed by atoms with Crippen LogP contribution in [0.5, 0.6) is 0 Å². The van der Waals surface area contributed by atoms with Crippen molar-refractivity contribution in [3.8, 4) is 0 Å². The number of hydrogen-bond donors (Lipinski definition) is 1. The molecule has 162 valence electrons. The molecule has 3 aromatic carbocycles. The molecule has 0 saturated carbocycles. The van der Waals surface area contributed by atoms with Gasteiger partial charge in [-0.15, -0.1) is 0 Å². The SMILES string of the molecule is O=C(CN(Cc1ccc(F)cc1)S(=O)(=O)c1ccccc1F)NCCc1ccccc1. The molecule has 5 nitrogen and oxygen atoms in total. The van der Waals surface area contributed by atoms with Gasteiger partial charge in [0.05, 0.1) is 6.54 Å². The first-order chi connectivity index (χ1) is 14.9. The minimum atomic E-state index is -4.31. The Kier molecular flexibility index (Phi) is 7.49. The van der Waals surface area contributed by atoms with Crippen molar-refractivity contribution in [1.29, 1.82) is 0 Å². The van der Waals surface area contributed by atoms with Crippen molar-refractivity contribution in [1.82, 2.24) is 9.62 Å². The van der Waals surface area contributed by atoms with Crippen LogP contribution in [0, 0.1) is 11.6 Å². The zero-order valence-corrected chi connectivity index (χ0v) is 17.5. The summed E-state index contributed by atoms with van der Waals surface area (Å²) in [5, 5.41) is 2.70. The molecule has 0 saturated heterocycles. The van der Waals surface area contributed by atoms with E-state index < -0.39 is 39.0 Å². The van der Waals surface area contributed by atoms with Crippen LogP contribution in [-0.2, 0) is 27.8 Å². The monoisotopic (exact) mass is 444 g/mol. The summed E-state index contributed by atoms with van der Waals surface area (Å²) in [6.45, 7) is -0.376. The number of rotatable bonds is 9. The van der Waals surface area contributed by atoms with E-state index in [0.29, 0.717) is 18.5 Å². The molecule has 3 aromatic rings. The lowest BCUT2D eigenvalue weighted by Gasteiger charge is -2.22. The highest BCUT2D eigenvalue weighted by atomic mass is 32.2. The number of halogens is 2. The van der Waals surface area contributed by atoms with E-state index in [9.17, 15) is 22.0 Å². The van der Waals surface area contributed by atoms with Gasteiger partial charge in [0.2, 0.25) is 15.9 Å². The standard InChI is InChI=1S/C23H22F2N2O3S/c24-20-12-10-19(11-13-20)16-27(31(29,30)22-9-5-4-8-21(22)25)17-23(28)26-15-14-18-6-2-1-3-7-18/h1-13H,14-17H2,(H,26,28). The van der Waals surface area contributed by atoms with Gasteiger partial charge in [-0.3, -0.25) is 4.79 Å². The summed E-state index contributed by atoms with van der Waals surface area (Å²) >= 11 is 0. The molecule has 0 aliphatic heterocycles. The highest BCUT2D eigenvalue weighted by Crippen LogP contribution is 2.21. The number of amides is 1. The normalized spacial score (nSPS) is 11.5. The van der Waals surface area contributed by atoms with E-state index in [1.807, 2.05) is 30.3 Å². The maximum absolute atomic E-state index is 14.2. The molecule has 0 spiro atoms. The first-order valence-corrected chi connectivity index (χ1v) is 11.1. The van der Waals surface area contributed by atoms with Crippen LogP contribution in [0.3, 0.4) is 0 Å². The number of carbonyl (C=O) groups excluding carboxylic acids is 1. The summed E-state index contributed by atoms with van der Waals surface area (Å²) in [5.74, 6) is -1.89. The summed E-state index contributed by atoms with van der Waals surface area (Å²) in [5.41, 5.74) is 1.50. The molecule has 1 amide bonds. The van der Waals surface area contributed by atoms with Crippen LogP contribution < -0.4 is 5.32 Å². The quantitative estimate of drug-likeness (QED) is 0.549. The Morgan fingerprint density at radius 1 is 0.839 bits per heavy atom. The Labute approximate surface area is 180 Å². The van der Waals surface area contributed by atoms with E-state index in [2.05, 4.69) is 5.32 Å². The first kappa shape index (κ1) is 22.6. The largest absolute Gasteiger partial charge is 0.355 e.